The molecule has 3 heterocycles. The summed E-state index contributed by atoms with van der Waals surface area (Å²) in [6.45, 7) is 2.49. The van der Waals surface area contributed by atoms with Crippen molar-refractivity contribution >= 4 is 44.5 Å². The average molecular weight is 605 g/mol. The van der Waals surface area contributed by atoms with Gasteiger partial charge >= 0.3 is 5.69 Å². The van der Waals surface area contributed by atoms with Gasteiger partial charge < -0.3 is 5.32 Å². The zero-order chi connectivity index (χ0) is 27.0. The van der Waals surface area contributed by atoms with Crippen LogP contribution in [0.25, 0.3) is 16.7 Å². The van der Waals surface area contributed by atoms with Gasteiger partial charge in [-0.1, -0.05) is 23.7 Å². The summed E-state index contributed by atoms with van der Waals surface area (Å²) in [5, 5.41) is 2.99. The van der Waals surface area contributed by atoms with Crippen molar-refractivity contribution in [1.29, 1.82) is 0 Å². The largest absolute Gasteiger partial charge is 0.349 e. The van der Waals surface area contributed by atoms with E-state index in [2.05, 4.69) is 31.2 Å². The highest BCUT2D eigenvalue weighted by Gasteiger charge is 2.27. The maximum atomic E-state index is 13.6. The minimum absolute atomic E-state index is 0.123. The molecule has 1 aromatic carbocycles. The van der Waals surface area contributed by atoms with Crippen molar-refractivity contribution in [1.82, 2.24) is 24.4 Å². The smallest absolute Gasteiger partial charge is 0.333 e. The topological polar surface area (TPSA) is 81.8 Å². The number of aryl methyl sites for hydroxylation is 1. The van der Waals surface area contributed by atoms with Crippen LogP contribution in [0.4, 0.5) is 8.78 Å². The molecule has 1 aliphatic carbocycles. The highest BCUT2D eigenvalue weighted by atomic mass is 79.9. The molecule has 0 atom stereocenters. The zero-order valence-corrected chi connectivity index (χ0v) is 22.8. The molecule has 0 aliphatic heterocycles. The number of aromatic nitrogens is 4. The number of hydrogen-bond acceptors (Lipinski definition) is 4. The maximum Gasteiger partial charge on any atom is 0.333 e. The van der Waals surface area contributed by atoms with Crippen LogP contribution in [0.15, 0.2) is 58.2 Å². The Bertz CT molecular complexity index is 1560. The van der Waals surface area contributed by atoms with E-state index in [9.17, 15) is 18.4 Å². The lowest BCUT2D eigenvalue weighted by Gasteiger charge is -2.29. The Kier molecular flexibility index (Phi) is 7.63. The lowest BCUT2D eigenvalue weighted by molar-refractivity contribution is 0.0904. The van der Waals surface area contributed by atoms with Gasteiger partial charge in [-0.05, 0) is 84.3 Å². The molecule has 0 radical (unpaired) electrons. The molecule has 1 aliphatic rings. The quantitative estimate of drug-likeness (QED) is 0.265. The molecule has 0 bridgehead atoms. The van der Waals surface area contributed by atoms with Crippen LogP contribution in [0.3, 0.4) is 0 Å². The molecule has 198 valence electrons. The zero-order valence-electron chi connectivity index (χ0n) is 20.5. The van der Waals surface area contributed by atoms with Gasteiger partial charge in [0.15, 0.2) is 0 Å². The first-order valence-electron chi connectivity index (χ1n) is 12.3. The van der Waals surface area contributed by atoms with Gasteiger partial charge in [0.2, 0.25) is 0 Å². The molecule has 11 heteroatoms. The molecule has 0 saturated heterocycles. The second-order valence-electron chi connectivity index (χ2n) is 9.59. The Hall–Kier alpha value is -3.11. The highest BCUT2D eigenvalue weighted by molar-refractivity contribution is 9.10. The van der Waals surface area contributed by atoms with Crippen molar-refractivity contribution in [2.45, 2.75) is 51.6 Å². The number of benzene rings is 1. The third-order valence-electron chi connectivity index (χ3n) is 7.09. The maximum absolute atomic E-state index is 13.6. The van der Waals surface area contributed by atoms with Crippen molar-refractivity contribution in [2.24, 2.45) is 5.92 Å². The fourth-order valence-electron chi connectivity index (χ4n) is 5.18. The van der Waals surface area contributed by atoms with Gasteiger partial charge in [0.1, 0.15) is 10.3 Å². The lowest BCUT2D eigenvalue weighted by atomic mass is 9.85. The first-order chi connectivity index (χ1) is 18.2. The van der Waals surface area contributed by atoms with Gasteiger partial charge in [0.05, 0.1) is 33.5 Å². The molecule has 1 amide bonds. The molecule has 5 rings (SSSR count). The van der Waals surface area contributed by atoms with Crippen LogP contribution in [-0.2, 0) is 6.54 Å². The number of hydrogen-bond donors (Lipinski definition) is 1. The Morgan fingerprint density at radius 2 is 1.84 bits per heavy atom. The fraction of sp³-hybridized carbons (Fsp3) is 0.333. The molecule has 38 heavy (non-hydrogen) atoms. The average Bonchev–Trinajstić information content (AvgIpc) is 3.16. The summed E-state index contributed by atoms with van der Waals surface area (Å²) in [7, 11) is 0. The number of carbonyl (C=O) groups is 1. The second-order valence-corrected chi connectivity index (χ2v) is 10.8. The SMILES string of the molecule is Cc1cc(Br)ncc1-n1c(=O)n(C[C@H]2CC[C@H](NC(=O)c3cc(Cl)cnc3C(F)F)CC2)c2ccccc21. The van der Waals surface area contributed by atoms with Gasteiger partial charge in [-0.2, -0.15) is 0 Å². The number of nitrogens with one attached hydrogen (secondary N) is 1. The summed E-state index contributed by atoms with van der Waals surface area (Å²) in [6.07, 6.45) is 2.85. The summed E-state index contributed by atoms with van der Waals surface area (Å²) in [4.78, 5) is 34.3. The highest BCUT2D eigenvalue weighted by Crippen LogP contribution is 2.29. The number of amides is 1. The molecular formula is C27H25BrClF2N5O2. The van der Waals surface area contributed by atoms with Crippen LogP contribution in [0.5, 0.6) is 0 Å². The van der Waals surface area contributed by atoms with Gasteiger partial charge in [-0.3, -0.25) is 18.9 Å². The van der Waals surface area contributed by atoms with Gasteiger partial charge in [-0.25, -0.2) is 18.6 Å². The number of para-hydroxylation sites is 2. The van der Waals surface area contributed by atoms with Crippen molar-refractivity contribution in [3.05, 3.63) is 85.7 Å². The number of alkyl halides is 2. The van der Waals surface area contributed by atoms with E-state index in [-0.39, 0.29) is 28.2 Å². The molecule has 1 fully saturated rings. The standard InChI is InChI=1S/C27H25BrClF2N5O2/c1-15-10-23(28)32-13-22(15)36-21-5-3-2-4-20(21)35(27(36)38)14-16-6-8-18(9-7-16)34-26(37)19-11-17(29)12-33-24(19)25(30)31/h2-5,10-13,16,18,25H,6-9,14H2,1H3,(H,34,37)/t16-,18-. The first kappa shape index (κ1) is 26.5. The van der Waals surface area contributed by atoms with E-state index >= 15 is 0 Å². The second kappa shape index (κ2) is 10.9. The summed E-state index contributed by atoms with van der Waals surface area (Å²) in [5.74, 6) is -0.370. The summed E-state index contributed by atoms with van der Waals surface area (Å²) in [5.41, 5.74) is 2.43. The Labute approximate surface area is 231 Å². The van der Waals surface area contributed by atoms with Gasteiger partial charge in [0, 0.05) is 18.8 Å². The van der Waals surface area contributed by atoms with Crippen LogP contribution in [0.2, 0.25) is 5.02 Å². The Balaban J connectivity index is 1.31. The number of carbonyl (C=O) groups excluding carboxylic acids is 1. The van der Waals surface area contributed by atoms with Gasteiger partial charge in [-0.15, -0.1) is 0 Å². The van der Waals surface area contributed by atoms with Crippen LogP contribution in [0.1, 0.15) is 53.7 Å². The van der Waals surface area contributed by atoms with E-state index in [0.717, 1.165) is 41.3 Å². The van der Waals surface area contributed by atoms with Crippen LogP contribution >= 0.6 is 27.5 Å². The van der Waals surface area contributed by atoms with Crippen LogP contribution < -0.4 is 11.0 Å². The molecular weight excluding hydrogens is 580 g/mol. The lowest BCUT2D eigenvalue weighted by Crippen LogP contribution is -2.39. The Morgan fingerprint density at radius 1 is 1.13 bits per heavy atom. The van der Waals surface area contributed by atoms with Crippen LogP contribution in [-0.4, -0.2) is 31.1 Å². The van der Waals surface area contributed by atoms with Crippen molar-refractivity contribution in [3.8, 4) is 5.69 Å². The predicted octanol–water partition coefficient (Wildman–Crippen LogP) is 6.23. The summed E-state index contributed by atoms with van der Waals surface area (Å²) < 4.78 is 30.9. The summed E-state index contributed by atoms with van der Waals surface area (Å²) in [6, 6.07) is 10.7. The van der Waals surface area contributed by atoms with E-state index in [1.165, 1.54) is 6.07 Å². The number of rotatable bonds is 6. The predicted molar refractivity (Wildman–Crippen MR) is 145 cm³/mol. The molecule has 0 spiro atoms. The first-order valence-corrected chi connectivity index (χ1v) is 13.5. The normalized spacial score (nSPS) is 17.7. The van der Waals surface area contributed by atoms with Crippen LogP contribution in [0, 0.1) is 12.8 Å². The van der Waals surface area contributed by atoms with E-state index in [4.69, 9.17) is 11.6 Å². The molecule has 1 saturated carbocycles. The number of fused-ring (bicyclic) bond motifs is 1. The number of halogens is 4. The molecule has 1 N–H and O–H groups in total. The van der Waals surface area contributed by atoms with E-state index in [1.807, 2.05) is 41.8 Å². The van der Waals surface area contributed by atoms with E-state index < -0.39 is 18.0 Å². The third kappa shape index (κ3) is 5.24. The summed E-state index contributed by atoms with van der Waals surface area (Å²) >= 11 is 9.27. The van der Waals surface area contributed by atoms with Crippen molar-refractivity contribution < 1.29 is 13.6 Å². The molecule has 0 unspecified atom stereocenters. The monoisotopic (exact) mass is 603 g/mol. The van der Waals surface area contributed by atoms with Crippen molar-refractivity contribution in [3.63, 3.8) is 0 Å². The minimum Gasteiger partial charge on any atom is -0.349 e. The fourth-order valence-corrected chi connectivity index (χ4v) is 5.79. The van der Waals surface area contributed by atoms with E-state index in [0.29, 0.717) is 24.0 Å². The van der Waals surface area contributed by atoms with Gasteiger partial charge in [0.25, 0.3) is 12.3 Å². The molecule has 3 aromatic heterocycles. The number of pyridine rings is 2. The number of imidazole rings is 1. The molecule has 7 nitrogen and oxygen atoms in total. The van der Waals surface area contributed by atoms with E-state index in [1.54, 1.807) is 10.8 Å². The molecule has 4 aromatic rings. The number of nitrogens with zero attached hydrogens (tertiary/aromatic N) is 4. The minimum atomic E-state index is -2.87. The van der Waals surface area contributed by atoms with Crippen molar-refractivity contribution in [2.75, 3.05) is 0 Å². The Morgan fingerprint density at radius 3 is 2.53 bits per heavy atom. The third-order valence-corrected chi connectivity index (χ3v) is 7.73.